The molecule has 0 aliphatic rings. The van der Waals surface area contributed by atoms with Gasteiger partial charge in [0.2, 0.25) is 5.91 Å². The monoisotopic (exact) mass is 373 g/mol. The Bertz CT molecular complexity index is 829. The van der Waals surface area contributed by atoms with Gasteiger partial charge in [-0.15, -0.1) is 0 Å². The number of rotatable bonds is 3. The number of nitrogens with one attached hydrogen (secondary N) is 3. The first kappa shape index (κ1) is 19.5. The molecule has 2 rings (SSSR count). The highest BCUT2D eigenvalue weighted by atomic mass is 32.1. The Kier molecular flexibility index (Phi) is 6.05. The summed E-state index contributed by atoms with van der Waals surface area (Å²) >= 11 is 5.12. The Morgan fingerprint density at radius 2 is 1.54 bits per heavy atom. The summed E-state index contributed by atoms with van der Waals surface area (Å²) in [4.78, 5) is 24.1. The second kappa shape index (κ2) is 8.05. The van der Waals surface area contributed by atoms with Crippen LogP contribution < -0.4 is 16.0 Å². The van der Waals surface area contributed by atoms with E-state index < -0.39 is 17.1 Å². The molecule has 0 atom stereocenters. The van der Waals surface area contributed by atoms with Crippen molar-refractivity contribution in [3.63, 3.8) is 0 Å². The fraction of sp³-hybridized carbons (Fsp3) is 0.211. The summed E-state index contributed by atoms with van der Waals surface area (Å²) in [6.07, 6.45) is 0. The van der Waals surface area contributed by atoms with Gasteiger partial charge in [0.15, 0.2) is 5.11 Å². The standard InChI is InChI=1S/C19H20FN3O2S/c1-19(2,3)17(25)21-14-5-4-6-15(11-14)22-18(26)23-16(24)12-7-9-13(20)10-8-12/h4-11H,1-3H3,(H,21,25)(H2,22,23,24,26). The lowest BCUT2D eigenvalue weighted by molar-refractivity contribution is -0.123. The summed E-state index contributed by atoms with van der Waals surface area (Å²) in [5.41, 5.74) is 1.01. The average Bonchev–Trinajstić information content (AvgIpc) is 2.54. The molecule has 26 heavy (non-hydrogen) atoms. The van der Waals surface area contributed by atoms with E-state index in [1.54, 1.807) is 24.3 Å². The van der Waals surface area contributed by atoms with Crippen molar-refractivity contribution in [2.24, 2.45) is 5.41 Å². The van der Waals surface area contributed by atoms with Gasteiger partial charge in [0, 0.05) is 22.4 Å². The van der Waals surface area contributed by atoms with Gasteiger partial charge >= 0.3 is 0 Å². The molecule has 0 saturated heterocycles. The van der Waals surface area contributed by atoms with Crippen LogP contribution in [0.2, 0.25) is 0 Å². The van der Waals surface area contributed by atoms with Crippen LogP contribution in [0.15, 0.2) is 48.5 Å². The predicted octanol–water partition coefficient (Wildman–Crippen LogP) is 3.94. The molecule has 0 fully saturated rings. The molecule has 0 aliphatic heterocycles. The zero-order valence-corrected chi connectivity index (χ0v) is 15.5. The van der Waals surface area contributed by atoms with Gasteiger partial charge in [-0.1, -0.05) is 26.8 Å². The van der Waals surface area contributed by atoms with Gasteiger partial charge in [0.25, 0.3) is 5.91 Å². The zero-order valence-electron chi connectivity index (χ0n) is 14.7. The maximum absolute atomic E-state index is 12.9. The number of carbonyl (C=O) groups is 2. The number of halogens is 1. The number of benzene rings is 2. The second-order valence-electron chi connectivity index (χ2n) is 6.70. The van der Waals surface area contributed by atoms with Crippen LogP contribution in [0.4, 0.5) is 15.8 Å². The third kappa shape index (κ3) is 5.63. The third-order valence-electron chi connectivity index (χ3n) is 3.39. The smallest absolute Gasteiger partial charge is 0.257 e. The SMILES string of the molecule is CC(C)(C)C(=O)Nc1cccc(NC(=S)NC(=O)c2ccc(F)cc2)c1. The van der Waals surface area contributed by atoms with Gasteiger partial charge in [-0.05, 0) is 54.7 Å². The lowest BCUT2D eigenvalue weighted by Crippen LogP contribution is -2.34. The van der Waals surface area contributed by atoms with Gasteiger partial charge < -0.3 is 10.6 Å². The highest BCUT2D eigenvalue weighted by molar-refractivity contribution is 7.80. The maximum atomic E-state index is 12.9. The van der Waals surface area contributed by atoms with Crippen molar-refractivity contribution >= 4 is 40.5 Å². The van der Waals surface area contributed by atoms with E-state index in [0.717, 1.165) is 0 Å². The molecule has 0 unspecified atom stereocenters. The van der Waals surface area contributed by atoms with Crippen molar-refractivity contribution in [3.8, 4) is 0 Å². The van der Waals surface area contributed by atoms with Gasteiger partial charge in [0.1, 0.15) is 5.82 Å². The first-order chi connectivity index (χ1) is 12.1. The summed E-state index contributed by atoms with van der Waals surface area (Å²) in [5.74, 6) is -0.974. The van der Waals surface area contributed by atoms with E-state index in [4.69, 9.17) is 12.2 Å². The Morgan fingerprint density at radius 1 is 0.962 bits per heavy atom. The number of thiocarbonyl (C=S) groups is 1. The van der Waals surface area contributed by atoms with Crippen molar-refractivity contribution in [1.29, 1.82) is 0 Å². The molecule has 0 heterocycles. The molecule has 0 spiro atoms. The van der Waals surface area contributed by atoms with Crippen LogP contribution >= 0.6 is 12.2 Å². The predicted molar refractivity (Wildman–Crippen MR) is 105 cm³/mol. The molecule has 3 N–H and O–H groups in total. The van der Waals surface area contributed by atoms with E-state index in [1.807, 2.05) is 20.8 Å². The fourth-order valence-corrected chi connectivity index (χ4v) is 2.14. The first-order valence-electron chi connectivity index (χ1n) is 7.94. The summed E-state index contributed by atoms with van der Waals surface area (Å²) < 4.78 is 12.9. The summed E-state index contributed by atoms with van der Waals surface area (Å²) in [7, 11) is 0. The van der Waals surface area contributed by atoms with Crippen LogP contribution in [-0.2, 0) is 4.79 Å². The molecular weight excluding hydrogens is 353 g/mol. The minimum atomic E-state index is -0.512. The Balaban J connectivity index is 1.98. The molecule has 136 valence electrons. The molecule has 0 radical (unpaired) electrons. The molecule has 2 aromatic rings. The Labute approximate surface area is 157 Å². The minimum absolute atomic E-state index is 0.0959. The largest absolute Gasteiger partial charge is 0.332 e. The van der Waals surface area contributed by atoms with Crippen LogP contribution in [0.5, 0.6) is 0 Å². The number of anilines is 2. The normalized spacial score (nSPS) is 10.8. The molecular formula is C19H20FN3O2S. The lowest BCUT2D eigenvalue weighted by Gasteiger charge is -2.18. The molecule has 2 aromatic carbocycles. The van der Waals surface area contributed by atoms with Crippen molar-refractivity contribution in [2.75, 3.05) is 10.6 Å². The molecule has 7 heteroatoms. The van der Waals surface area contributed by atoms with E-state index in [1.165, 1.54) is 24.3 Å². The summed E-state index contributed by atoms with van der Waals surface area (Å²) in [6.45, 7) is 5.47. The van der Waals surface area contributed by atoms with Crippen LogP contribution in [0, 0.1) is 11.2 Å². The number of amides is 2. The van der Waals surface area contributed by atoms with Crippen molar-refractivity contribution < 1.29 is 14.0 Å². The minimum Gasteiger partial charge on any atom is -0.332 e. The molecule has 5 nitrogen and oxygen atoms in total. The van der Waals surface area contributed by atoms with Crippen molar-refractivity contribution in [2.45, 2.75) is 20.8 Å². The van der Waals surface area contributed by atoms with Crippen LogP contribution in [0.3, 0.4) is 0 Å². The van der Waals surface area contributed by atoms with Crippen molar-refractivity contribution in [3.05, 3.63) is 59.9 Å². The van der Waals surface area contributed by atoms with Crippen LogP contribution in [-0.4, -0.2) is 16.9 Å². The first-order valence-corrected chi connectivity index (χ1v) is 8.35. The van der Waals surface area contributed by atoms with Crippen LogP contribution in [0.1, 0.15) is 31.1 Å². The second-order valence-corrected chi connectivity index (χ2v) is 7.11. The van der Waals surface area contributed by atoms with Gasteiger partial charge in [-0.25, -0.2) is 4.39 Å². The van der Waals surface area contributed by atoms with Crippen molar-refractivity contribution in [1.82, 2.24) is 5.32 Å². The quantitative estimate of drug-likeness (QED) is 0.713. The summed E-state index contributed by atoms with van der Waals surface area (Å²) in [6, 6.07) is 12.1. The fourth-order valence-electron chi connectivity index (χ4n) is 1.93. The highest BCUT2D eigenvalue weighted by Crippen LogP contribution is 2.20. The van der Waals surface area contributed by atoms with Crippen LogP contribution in [0.25, 0.3) is 0 Å². The maximum Gasteiger partial charge on any atom is 0.257 e. The number of hydrogen-bond donors (Lipinski definition) is 3. The van der Waals surface area contributed by atoms with Gasteiger partial charge in [-0.2, -0.15) is 0 Å². The number of hydrogen-bond acceptors (Lipinski definition) is 3. The topological polar surface area (TPSA) is 70.2 Å². The zero-order chi connectivity index (χ0) is 19.3. The average molecular weight is 373 g/mol. The summed E-state index contributed by atoms with van der Waals surface area (Å²) in [5, 5.41) is 8.32. The molecule has 0 aromatic heterocycles. The van der Waals surface area contributed by atoms with Gasteiger partial charge in [0.05, 0.1) is 0 Å². The number of carbonyl (C=O) groups excluding carboxylic acids is 2. The Hall–Kier alpha value is -2.80. The van der Waals surface area contributed by atoms with E-state index in [-0.39, 0.29) is 11.0 Å². The van der Waals surface area contributed by atoms with Gasteiger partial charge in [-0.3, -0.25) is 14.9 Å². The highest BCUT2D eigenvalue weighted by Gasteiger charge is 2.21. The Morgan fingerprint density at radius 3 is 2.12 bits per heavy atom. The molecule has 2 amide bonds. The van der Waals surface area contributed by atoms with E-state index in [9.17, 15) is 14.0 Å². The van der Waals surface area contributed by atoms with E-state index in [0.29, 0.717) is 16.9 Å². The molecule has 0 aliphatic carbocycles. The third-order valence-corrected chi connectivity index (χ3v) is 3.60. The lowest BCUT2D eigenvalue weighted by atomic mass is 9.95. The van der Waals surface area contributed by atoms with E-state index in [2.05, 4.69) is 16.0 Å². The molecule has 0 saturated carbocycles. The van der Waals surface area contributed by atoms with E-state index >= 15 is 0 Å². The molecule has 0 bridgehead atoms.